The van der Waals surface area contributed by atoms with Crippen LogP contribution in [0.3, 0.4) is 0 Å². The minimum Gasteiger partial charge on any atom is -0.496 e. The predicted octanol–water partition coefficient (Wildman–Crippen LogP) is 6.11. The zero-order valence-corrected chi connectivity index (χ0v) is 26.6. The molecule has 1 aliphatic heterocycles. The second-order valence-electron chi connectivity index (χ2n) is 11.2. The summed E-state index contributed by atoms with van der Waals surface area (Å²) in [6, 6.07) is 3.98. The smallest absolute Gasteiger partial charge is 0.256 e. The Morgan fingerprint density at radius 1 is 1.10 bits per heavy atom. The Morgan fingerprint density at radius 2 is 1.80 bits per heavy atom. The Labute approximate surface area is 250 Å². The van der Waals surface area contributed by atoms with Crippen molar-refractivity contribution in [2.45, 2.75) is 104 Å². The fourth-order valence-corrected chi connectivity index (χ4v) is 5.77. The van der Waals surface area contributed by atoms with Crippen LogP contribution < -0.4 is 20.3 Å². The summed E-state index contributed by atoms with van der Waals surface area (Å²) in [4.78, 5) is 31.1. The Morgan fingerprint density at radius 3 is 2.44 bits per heavy atom. The molecule has 9 heteroatoms. The standard InChI is InChI=1S/C32H48ClN3O5/c1-8-10-13-24(14-11-12-23(9-2)36-18-25(19-36)39-6)41-30-21(4)26(16-28(33)22(30)5)31(37)34-17-27-29(40-7)15-20(3)35-32(27)38/h15-16,23-25H,8-14,17-19H2,1-7H3,(H,34,37)(H,35,38)/t23-,24?/m1/s1. The van der Waals surface area contributed by atoms with E-state index >= 15 is 0 Å². The fraction of sp³-hybridized carbons (Fsp3) is 0.625. The molecular weight excluding hydrogens is 542 g/mol. The van der Waals surface area contributed by atoms with Crippen LogP contribution in [0.4, 0.5) is 0 Å². The van der Waals surface area contributed by atoms with Gasteiger partial charge >= 0.3 is 0 Å². The minimum atomic E-state index is -0.323. The first-order valence-electron chi connectivity index (χ1n) is 14.9. The van der Waals surface area contributed by atoms with E-state index in [1.807, 2.05) is 13.8 Å². The highest BCUT2D eigenvalue weighted by Crippen LogP contribution is 2.35. The lowest BCUT2D eigenvalue weighted by Crippen LogP contribution is -2.56. The van der Waals surface area contributed by atoms with Gasteiger partial charge in [-0.1, -0.05) is 38.3 Å². The molecule has 1 aromatic carbocycles. The topological polar surface area (TPSA) is 92.9 Å². The van der Waals surface area contributed by atoms with Crippen LogP contribution in [0.5, 0.6) is 11.5 Å². The van der Waals surface area contributed by atoms with Crippen LogP contribution in [0.15, 0.2) is 16.9 Å². The number of aryl methyl sites for hydroxylation is 1. The maximum absolute atomic E-state index is 13.3. The number of pyridine rings is 1. The third-order valence-electron chi connectivity index (χ3n) is 8.26. The summed E-state index contributed by atoms with van der Waals surface area (Å²) in [6.07, 6.45) is 7.79. The van der Waals surface area contributed by atoms with Gasteiger partial charge in [-0.25, -0.2) is 0 Å². The van der Waals surface area contributed by atoms with Gasteiger partial charge in [0.05, 0.1) is 31.4 Å². The first kappa shape index (κ1) is 33.0. The molecular formula is C32H48ClN3O5. The number of hydrogen-bond donors (Lipinski definition) is 2. The van der Waals surface area contributed by atoms with Crippen molar-refractivity contribution in [3.63, 3.8) is 0 Å². The van der Waals surface area contributed by atoms with Gasteiger partial charge < -0.3 is 24.5 Å². The second kappa shape index (κ2) is 15.6. The predicted molar refractivity (Wildman–Crippen MR) is 165 cm³/mol. The number of methoxy groups -OCH3 is 2. The number of unbranched alkanes of at least 4 members (excludes halogenated alkanes) is 1. The Bertz CT molecular complexity index is 1220. The molecule has 0 saturated carbocycles. The van der Waals surface area contributed by atoms with Crippen molar-refractivity contribution in [2.24, 2.45) is 0 Å². The van der Waals surface area contributed by atoms with Crippen molar-refractivity contribution in [3.05, 3.63) is 55.5 Å². The number of carbonyl (C=O) groups is 1. The Balaban J connectivity index is 1.72. The van der Waals surface area contributed by atoms with Crippen LogP contribution in [0, 0.1) is 20.8 Å². The zero-order valence-electron chi connectivity index (χ0n) is 25.8. The molecule has 0 bridgehead atoms. The normalized spacial score (nSPS) is 15.3. The van der Waals surface area contributed by atoms with E-state index in [0.717, 1.165) is 69.2 Å². The van der Waals surface area contributed by atoms with Gasteiger partial charge in [0, 0.05) is 53.6 Å². The first-order chi connectivity index (χ1) is 19.6. The number of amides is 1. The lowest BCUT2D eigenvalue weighted by Gasteiger charge is -2.43. The maximum Gasteiger partial charge on any atom is 0.256 e. The quantitative estimate of drug-likeness (QED) is 0.245. The molecule has 1 saturated heterocycles. The highest BCUT2D eigenvalue weighted by Gasteiger charge is 2.31. The van der Waals surface area contributed by atoms with E-state index in [0.29, 0.717) is 45.5 Å². The van der Waals surface area contributed by atoms with Crippen LogP contribution in [0.25, 0.3) is 0 Å². The number of nitrogens with zero attached hydrogens (tertiary/aromatic N) is 1. The Hall–Kier alpha value is -2.55. The number of hydrogen-bond acceptors (Lipinski definition) is 6. The number of aromatic amines is 1. The van der Waals surface area contributed by atoms with E-state index in [1.165, 1.54) is 7.11 Å². The summed E-state index contributed by atoms with van der Waals surface area (Å²) in [5.74, 6) is 0.786. The number of aromatic nitrogens is 1. The highest BCUT2D eigenvalue weighted by molar-refractivity contribution is 6.32. The summed E-state index contributed by atoms with van der Waals surface area (Å²) in [5, 5.41) is 3.35. The second-order valence-corrected chi connectivity index (χ2v) is 11.6. The highest BCUT2D eigenvalue weighted by atomic mass is 35.5. The molecule has 2 aromatic rings. The van der Waals surface area contributed by atoms with Gasteiger partial charge in [-0.3, -0.25) is 14.5 Å². The van der Waals surface area contributed by atoms with Crippen LogP contribution in [0.2, 0.25) is 5.02 Å². The van der Waals surface area contributed by atoms with Crippen molar-refractivity contribution >= 4 is 17.5 Å². The lowest BCUT2D eigenvalue weighted by atomic mass is 9.97. The molecule has 1 aliphatic rings. The molecule has 1 unspecified atom stereocenters. The van der Waals surface area contributed by atoms with Crippen molar-refractivity contribution in [1.82, 2.24) is 15.2 Å². The van der Waals surface area contributed by atoms with Crippen LogP contribution in [0.1, 0.15) is 91.5 Å². The van der Waals surface area contributed by atoms with Gasteiger partial charge in [0.15, 0.2) is 0 Å². The van der Waals surface area contributed by atoms with Gasteiger partial charge in [-0.15, -0.1) is 0 Å². The van der Waals surface area contributed by atoms with Crippen molar-refractivity contribution < 1.29 is 19.0 Å². The van der Waals surface area contributed by atoms with E-state index in [2.05, 4.69) is 29.0 Å². The number of rotatable bonds is 16. The van der Waals surface area contributed by atoms with Crippen LogP contribution >= 0.6 is 11.6 Å². The van der Waals surface area contributed by atoms with Crippen LogP contribution in [-0.4, -0.2) is 61.3 Å². The fourth-order valence-electron chi connectivity index (χ4n) is 5.57. The number of carbonyl (C=O) groups excluding carboxylic acids is 1. The molecule has 2 N–H and O–H groups in total. The molecule has 0 spiro atoms. The molecule has 1 aromatic heterocycles. The third-order valence-corrected chi connectivity index (χ3v) is 8.65. The number of nitrogens with one attached hydrogen (secondary N) is 2. The van der Waals surface area contributed by atoms with E-state index in [9.17, 15) is 9.59 Å². The molecule has 1 fully saturated rings. The maximum atomic E-state index is 13.3. The SMILES string of the molecule is CCCCC(CCC[C@@H](CC)N1CC(OC)C1)Oc1c(C)c(Cl)cc(C(=O)NCc2c(OC)cc(C)[nH]c2=O)c1C. The molecule has 2 heterocycles. The van der Waals surface area contributed by atoms with Gasteiger partial charge in [0.25, 0.3) is 11.5 Å². The third kappa shape index (κ3) is 8.49. The molecule has 0 aliphatic carbocycles. The number of likely N-dealkylation sites (tertiary alicyclic amines) is 1. The number of halogens is 1. The van der Waals surface area contributed by atoms with E-state index in [1.54, 1.807) is 26.2 Å². The minimum absolute atomic E-state index is 0.0264. The van der Waals surface area contributed by atoms with Crippen molar-refractivity contribution in [2.75, 3.05) is 27.3 Å². The molecule has 228 valence electrons. The Kier molecular flexibility index (Phi) is 12.6. The summed E-state index contributed by atoms with van der Waals surface area (Å²) in [5.41, 5.74) is 2.77. The number of H-pyrrole nitrogens is 1. The van der Waals surface area contributed by atoms with Crippen molar-refractivity contribution in [1.29, 1.82) is 0 Å². The van der Waals surface area contributed by atoms with Crippen LogP contribution in [-0.2, 0) is 11.3 Å². The largest absolute Gasteiger partial charge is 0.496 e. The summed E-state index contributed by atoms with van der Waals surface area (Å²) in [7, 11) is 3.29. The molecule has 8 nitrogen and oxygen atoms in total. The van der Waals surface area contributed by atoms with Gasteiger partial charge in [0.1, 0.15) is 11.5 Å². The zero-order chi connectivity index (χ0) is 30.1. The summed E-state index contributed by atoms with van der Waals surface area (Å²) >= 11 is 6.63. The molecule has 1 amide bonds. The molecule has 2 atom stereocenters. The molecule has 0 radical (unpaired) electrons. The average molecular weight is 590 g/mol. The molecule has 3 rings (SSSR count). The van der Waals surface area contributed by atoms with Crippen molar-refractivity contribution in [3.8, 4) is 11.5 Å². The van der Waals surface area contributed by atoms with Gasteiger partial charge in [-0.2, -0.15) is 0 Å². The number of benzene rings is 1. The van der Waals surface area contributed by atoms with Gasteiger partial charge in [-0.05, 0) is 65.0 Å². The monoisotopic (exact) mass is 589 g/mol. The van der Waals surface area contributed by atoms with Gasteiger partial charge in [0.2, 0.25) is 0 Å². The van der Waals surface area contributed by atoms with E-state index in [-0.39, 0.29) is 24.1 Å². The summed E-state index contributed by atoms with van der Waals surface area (Å²) < 4.78 is 17.5. The lowest BCUT2D eigenvalue weighted by molar-refractivity contribution is -0.0534. The first-order valence-corrected chi connectivity index (χ1v) is 15.3. The number of ether oxygens (including phenoxy) is 3. The summed E-state index contributed by atoms with van der Waals surface area (Å²) in [6.45, 7) is 12.1. The van der Waals surface area contributed by atoms with E-state index < -0.39 is 0 Å². The van der Waals surface area contributed by atoms with E-state index in [4.69, 9.17) is 25.8 Å². The average Bonchev–Trinajstić information content (AvgIpc) is 2.92. The molecule has 41 heavy (non-hydrogen) atoms.